The molecule has 0 spiro atoms. The van der Waals surface area contributed by atoms with Gasteiger partial charge in [0.1, 0.15) is 0 Å². The third-order valence-electron chi connectivity index (χ3n) is 5.49. The molecule has 10 heteroatoms. The normalized spacial score (nSPS) is 20.3. The summed E-state index contributed by atoms with van der Waals surface area (Å²) in [6, 6.07) is 10.2. The van der Waals surface area contributed by atoms with E-state index in [1.165, 1.54) is 0 Å². The van der Waals surface area contributed by atoms with E-state index in [2.05, 4.69) is 20.6 Å². The van der Waals surface area contributed by atoms with Gasteiger partial charge in [-0.25, -0.2) is 8.42 Å². The molecule has 9 nitrogen and oxygen atoms in total. The van der Waals surface area contributed by atoms with Crippen LogP contribution < -0.4 is 10.6 Å². The fourth-order valence-corrected chi connectivity index (χ4v) is 5.57. The zero-order chi connectivity index (χ0) is 22.5. The molecule has 31 heavy (non-hydrogen) atoms. The molecule has 1 aliphatic rings. The molecule has 2 unspecified atom stereocenters. The molecule has 0 amide bonds. The summed E-state index contributed by atoms with van der Waals surface area (Å²) < 4.78 is 26.0. The Morgan fingerprint density at radius 1 is 1.13 bits per heavy atom. The average Bonchev–Trinajstić information content (AvgIpc) is 2.77. The van der Waals surface area contributed by atoms with Gasteiger partial charge in [0.05, 0.1) is 10.1 Å². The number of nitrogens with zero attached hydrogens (tertiary/aromatic N) is 2. The van der Waals surface area contributed by atoms with E-state index in [9.17, 15) is 23.7 Å². The largest absolute Gasteiger partial charge is 0.352 e. The Balaban J connectivity index is 1.62. The van der Waals surface area contributed by atoms with E-state index in [4.69, 9.17) is 0 Å². The van der Waals surface area contributed by atoms with Gasteiger partial charge in [0, 0.05) is 37.6 Å². The highest BCUT2D eigenvalue weighted by Gasteiger charge is 2.41. The number of pyridine rings is 1. The van der Waals surface area contributed by atoms with Crippen molar-refractivity contribution in [2.24, 2.45) is 10.9 Å². The molecular weight excluding hydrogens is 420 g/mol. The monoisotopic (exact) mass is 448 g/mol. The molecule has 1 aromatic heterocycles. The SMILES string of the molecule is CN=C(NCc1ccc(S(=O)(=O)C2CCCC(C(O)(O)O)C2)cc1)Nc1ccncc1. The second-order valence-electron chi connectivity index (χ2n) is 7.65. The van der Waals surface area contributed by atoms with Crippen LogP contribution in [0.3, 0.4) is 0 Å². The van der Waals surface area contributed by atoms with Crippen molar-refractivity contribution in [3.8, 4) is 0 Å². The summed E-state index contributed by atoms with van der Waals surface area (Å²) in [7, 11) is -1.99. The quantitative estimate of drug-likeness (QED) is 0.252. The first-order chi connectivity index (χ1) is 14.7. The molecular formula is C21H28N4O5S. The van der Waals surface area contributed by atoms with Gasteiger partial charge in [-0.05, 0) is 49.1 Å². The topological polar surface area (TPSA) is 144 Å². The van der Waals surface area contributed by atoms with Crippen molar-refractivity contribution >= 4 is 21.5 Å². The molecule has 1 aromatic carbocycles. The summed E-state index contributed by atoms with van der Waals surface area (Å²) in [4.78, 5) is 8.30. The molecule has 3 rings (SSSR count). The second kappa shape index (κ2) is 9.73. The molecule has 2 atom stereocenters. The van der Waals surface area contributed by atoms with Crippen LogP contribution in [-0.4, -0.2) is 53.0 Å². The van der Waals surface area contributed by atoms with Gasteiger partial charge in [-0.15, -0.1) is 0 Å². The van der Waals surface area contributed by atoms with Crippen LogP contribution in [0.1, 0.15) is 31.2 Å². The number of sulfone groups is 1. The molecule has 168 valence electrons. The first-order valence-corrected chi connectivity index (χ1v) is 11.6. The Morgan fingerprint density at radius 3 is 2.42 bits per heavy atom. The van der Waals surface area contributed by atoms with Gasteiger partial charge in [-0.3, -0.25) is 9.98 Å². The van der Waals surface area contributed by atoms with Gasteiger partial charge in [-0.2, -0.15) is 0 Å². The molecule has 1 saturated carbocycles. The third kappa shape index (κ3) is 6.01. The van der Waals surface area contributed by atoms with Crippen LogP contribution >= 0.6 is 0 Å². The smallest absolute Gasteiger partial charge is 0.278 e. The maximum absolute atomic E-state index is 13.0. The van der Waals surface area contributed by atoms with E-state index in [-0.39, 0.29) is 11.3 Å². The lowest BCUT2D eigenvalue weighted by Crippen LogP contribution is -2.42. The summed E-state index contributed by atoms with van der Waals surface area (Å²) in [6.07, 6.45) is 4.65. The Morgan fingerprint density at radius 2 is 1.81 bits per heavy atom. The predicted molar refractivity (Wildman–Crippen MR) is 117 cm³/mol. The third-order valence-corrected chi connectivity index (χ3v) is 7.73. The molecule has 0 aliphatic heterocycles. The molecule has 1 aliphatic carbocycles. The van der Waals surface area contributed by atoms with Crippen molar-refractivity contribution in [1.29, 1.82) is 0 Å². The van der Waals surface area contributed by atoms with Crippen molar-refractivity contribution in [2.45, 2.75) is 48.3 Å². The maximum atomic E-state index is 13.0. The highest BCUT2D eigenvalue weighted by Crippen LogP contribution is 2.35. The summed E-state index contributed by atoms with van der Waals surface area (Å²) in [5.41, 5.74) is 1.71. The van der Waals surface area contributed by atoms with Crippen LogP contribution in [0, 0.1) is 5.92 Å². The Kier molecular flexibility index (Phi) is 7.26. The van der Waals surface area contributed by atoms with Crippen molar-refractivity contribution in [1.82, 2.24) is 10.3 Å². The number of hydrogen-bond acceptors (Lipinski definition) is 7. The zero-order valence-corrected chi connectivity index (χ0v) is 18.1. The average molecular weight is 449 g/mol. The van der Waals surface area contributed by atoms with Crippen LogP contribution in [0.4, 0.5) is 5.69 Å². The lowest BCUT2D eigenvalue weighted by Gasteiger charge is -2.33. The van der Waals surface area contributed by atoms with E-state index in [0.29, 0.717) is 31.8 Å². The first kappa shape index (κ1) is 23.1. The van der Waals surface area contributed by atoms with Gasteiger partial charge in [-0.1, -0.05) is 18.6 Å². The molecule has 1 heterocycles. The molecule has 0 bridgehead atoms. The van der Waals surface area contributed by atoms with Crippen molar-refractivity contribution in [3.05, 3.63) is 54.4 Å². The van der Waals surface area contributed by atoms with E-state index < -0.39 is 27.0 Å². The van der Waals surface area contributed by atoms with Crippen LogP contribution in [0.15, 0.2) is 58.7 Å². The van der Waals surface area contributed by atoms with E-state index in [1.807, 2.05) is 12.1 Å². The van der Waals surface area contributed by atoms with Crippen molar-refractivity contribution in [3.63, 3.8) is 0 Å². The second-order valence-corrected chi connectivity index (χ2v) is 9.88. The summed E-state index contributed by atoms with van der Waals surface area (Å²) in [6.45, 7) is 0.443. The molecule has 1 fully saturated rings. The summed E-state index contributed by atoms with van der Waals surface area (Å²) in [5.74, 6) is -3.17. The minimum absolute atomic E-state index is 0.00609. The fourth-order valence-electron chi connectivity index (χ4n) is 3.70. The summed E-state index contributed by atoms with van der Waals surface area (Å²) >= 11 is 0. The number of rotatable bonds is 6. The van der Waals surface area contributed by atoms with Crippen LogP contribution in [0.2, 0.25) is 0 Å². The van der Waals surface area contributed by atoms with E-state index in [0.717, 1.165) is 11.3 Å². The number of nitrogens with one attached hydrogen (secondary N) is 2. The minimum atomic E-state index is -3.64. The lowest BCUT2D eigenvalue weighted by atomic mass is 9.87. The number of aliphatic hydroxyl groups is 3. The summed E-state index contributed by atoms with van der Waals surface area (Å²) in [5, 5.41) is 33.9. The standard InChI is InChI=1S/C21H28N4O5S/c1-22-20(25-17-9-11-23-12-10-17)24-14-15-5-7-18(8-6-15)31(29,30)19-4-2-3-16(13-19)21(26,27)28/h5-12,16,19,26-28H,2-4,13-14H2,1H3,(H2,22,23,24,25). The molecule has 0 saturated heterocycles. The number of hydrogen-bond donors (Lipinski definition) is 5. The van der Waals surface area contributed by atoms with Gasteiger partial charge >= 0.3 is 0 Å². The Bertz CT molecular complexity index is 989. The van der Waals surface area contributed by atoms with Gasteiger partial charge in [0.2, 0.25) is 0 Å². The Hall–Kier alpha value is -2.53. The Labute approximate surface area is 181 Å². The van der Waals surface area contributed by atoms with Crippen LogP contribution in [-0.2, 0) is 16.4 Å². The number of anilines is 1. The number of aromatic nitrogens is 1. The van der Waals surface area contributed by atoms with Gasteiger partial charge in [0.15, 0.2) is 15.8 Å². The molecule has 2 aromatic rings. The molecule has 5 N–H and O–H groups in total. The molecule has 0 radical (unpaired) electrons. The van der Waals surface area contributed by atoms with Gasteiger partial charge in [0.25, 0.3) is 5.97 Å². The van der Waals surface area contributed by atoms with Crippen molar-refractivity contribution in [2.75, 3.05) is 12.4 Å². The maximum Gasteiger partial charge on any atom is 0.278 e. The number of aliphatic imine (C=N–C) groups is 1. The first-order valence-electron chi connectivity index (χ1n) is 10.1. The van der Waals surface area contributed by atoms with E-state index >= 15 is 0 Å². The lowest BCUT2D eigenvalue weighted by molar-refractivity contribution is -0.345. The predicted octanol–water partition coefficient (Wildman–Crippen LogP) is 1.23. The van der Waals surface area contributed by atoms with E-state index in [1.54, 1.807) is 43.7 Å². The number of guanidine groups is 1. The van der Waals surface area contributed by atoms with Crippen LogP contribution in [0.5, 0.6) is 0 Å². The zero-order valence-electron chi connectivity index (χ0n) is 17.3. The minimum Gasteiger partial charge on any atom is -0.352 e. The fraction of sp³-hybridized carbons (Fsp3) is 0.429. The highest BCUT2D eigenvalue weighted by molar-refractivity contribution is 7.92. The highest BCUT2D eigenvalue weighted by atomic mass is 32.2. The van der Waals surface area contributed by atoms with Gasteiger partial charge < -0.3 is 26.0 Å². The number of benzene rings is 1. The van der Waals surface area contributed by atoms with Crippen molar-refractivity contribution < 1.29 is 23.7 Å². The van der Waals surface area contributed by atoms with Crippen LogP contribution in [0.25, 0.3) is 0 Å².